The number of hydrogen-bond donors (Lipinski definition) is 2. The Morgan fingerprint density at radius 2 is 2.21 bits per heavy atom. The lowest BCUT2D eigenvalue weighted by Crippen LogP contribution is -2.28. The van der Waals surface area contributed by atoms with Crippen LogP contribution in [0.25, 0.3) is 0 Å². The Morgan fingerprint density at radius 3 is 2.79 bits per heavy atom. The van der Waals surface area contributed by atoms with Crippen LogP contribution < -0.4 is 10.2 Å². The molecule has 0 aliphatic carbocycles. The molecule has 1 aromatic carbocycles. The van der Waals surface area contributed by atoms with Crippen molar-refractivity contribution in [3.8, 4) is 0 Å². The molecule has 0 aliphatic rings. The van der Waals surface area contributed by atoms with Gasteiger partial charge in [-0.2, -0.15) is 0 Å². The van der Waals surface area contributed by atoms with Gasteiger partial charge in [0, 0.05) is 17.6 Å². The number of aromatic nitrogens is 2. The lowest BCUT2D eigenvalue weighted by atomic mass is 10.3. The van der Waals surface area contributed by atoms with Crippen LogP contribution in [0.4, 0.5) is 27.4 Å². The monoisotopic (exact) mass is 399 g/mol. The number of halogens is 2. The van der Waals surface area contributed by atoms with Gasteiger partial charge in [0.2, 0.25) is 11.6 Å². The summed E-state index contributed by atoms with van der Waals surface area (Å²) in [6.45, 7) is 2.19. The van der Waals surface area contributed by atoms with Gasteiger partial charge in [-0.25, -0.2) is 14.4 Å². The molecule has 0 aliphatic heterocycles. The average molecular weight is 400 g/mol. The van der Waals surface area contributed by atoms with E-state index >= 15 is 0 Å². The van der Waals surface area contributed by atoms with Crippen LogP contribution in [0.5, 0.6) is 0 Å². The van der Waals surface area contributed by atoms with Crippen LogP contribution >= 0.6 is 15.9 Å². The highest BCUT2D eigenvalue weighted by Gasteiger charge is 2.26. The fourth-order valence-electron chi connectivity index (χ4n) is 2.11. The number of rotatable bonds is 7. The Morgan fingerprint density at radius 1 is 1.46 bits per heavy atom. The first-order chi connectivity index (χ1) is 11.5. The Balaban J connectivity index is 2.48. The summed E-state index contributed by atoms with van der Waals surface area (Å²) in [5, 5.41) is 23.2. The van der Waals surface area contributed by atoms with Gasteiger partial charge in [0.05, 0.1) is 17.2 Å². The molecule has 0 saturated heterocycles. The summed E-state index contributed by atoms with van der Waals surface area (Å²) < 4.78 is 14.5. The minimum Gasteiger partial charge on any atom is -0.395 e. The second-order valence-electron chi connectivity index (χ2n) is 4.70. The fourth-order valence-corrected chi connectivity index (χ4v) is 2.45. The third kappa shape index (κ3) is 3.95. The second kappa shape index (κ2) is 7.97. The summed E-state index contributed by atoms with van der Waals surface area (Å²) in [6, 6.07) is 4.28. The zero-order chi connectivity index (χ0) is 17.7. The van der Waals surface area contributed by atoms with E-state index in [1.807, 2.05) is 0 Å². The van der Waals surface area contributed by atoms with Gasteiger partial charge in [0.15, 0.2) is 0 Å². The maximum Gasteiger partial charge on any atom is 0.353 e. The summed E-state index contributed by atoms with van der Waals surface area (Å²) in [4.78, 5) is 20.2. The standard InChI is InChI=1S/C14H15BrFN5O3/c1-2-20(5-6-22)14-12(21(23)24)13(17-8-18-14)19-11-4-3-9(15)7-10(11)16/h3-4,7-8,22H,2,5-6H2,1H3,(H,17,18,19). The van der Waals surface area contributed by atoms with E-state index in [0.717, 1.165) is 6.33 Å². The average Bonchev–Trinajstić information content (AvgIpc) is 2.54. The predicted octanol–water partition coefficient (Wildman–Crippen LogP) is 2.85. The molecule has 24 heavy (non-hydrogen) atoms. The normalized spacial score (nSPS) is 10.5. The number of likely N-dealkylation sites (N-methyl/N-ethyl adjacent to an activating group) is 1. The number of nitrogens with one attached hydrogen (secondary N) is 1. The maximum atomic E-state index is 14.0. The third-order valence-corrected chi connectivity index (χ3v) is 3.71. The Labute approximate surface area is 145 Å². The predicted molar refractivity (Wildman–Crippen MR) is 91.0 cm³/mol. The number of hydrogen-bond acceptors (Lipinski definition) is 7. The van der Waals surface area contributed by atoms with Crippen LogP contribution in [-0.4, -0.2) is 39.7 Å². The highest BCUT2D eigenvalue weighted by molar-refractivity contribution is 9.10. The molecule has 8 nitrogen and oxygen atoms in total. The molecular formula is C14H15BrFN5O3. The minimum atomic E-state index is -0.630. The van der Waals surface area contributed by atoms with Gasteiger partial charge < -0.3 is 15.3 Å². The van der Waals surface area contributed by atoms with E-state index in [2.05, 4.69) is 31.2 Å². The maximum absolute atomic E-state index is 14.0. The van der Waals surface area contributed by atoms with Crippen LogP contribution in [0.3, 0.4) is 0 Å². The lowest BCUT2D eigenvalue weighted by Gasteiger charge is -2.21. The molecule has 0 fully saturated rings. The molecule has 1 heterocycles. The van der Waals surface area contributed by atoms with E-state index < -0.39 is 10.7 Å². The van der Waals surface area contributed by atoms with Crippen molar-refractivity contribution in [1.82, 2.24) is 9.97 Å². The van der Waals surface area contributed by atoms with Crippen LogP contribution in [0.15, 0.2) is 29.0 Å². The highest BCUT2D eigenvalue weighted by Crippen LogP contribution is 2.34. The molecule has 2 rings (SSSR count). The minimum absolute atomic E-state index is 0.0520. The van der Waals surface area contributed by atoms with Crippen molar-refractivity contribution < 1.29 is 14.4 Å². The summed E-state index contributed by atoms with van der Waals surface area (Å²) in [7, 11) is 0. The molecular weight excluding hydrogens is 385 g/mol. The highest BCUT2D eigenvalue weighted by atomic mass is 79.9. The molecule has 128 valence electrons. The van der Waals surface area contributed by atoms with Crippen LogP contribution in [0.2, 0.25) is 0 Å². The van der Waals surface area contributed by atoms with Crippen molar-refractivity contribution >= 4 is 38.9 Å². The molecule has 0 unspecified atom stereocenters. The zero-order valence-corrected chi connectivity index (χ0v) is 14.3. The second-order valence-corrected chi connectivity index (χ2v) is 5.62. The largest absolute Gasteiger partial charge is 0.395 e. The van der Waals surface area contributed by atoms with E-state index in [1.54, 1.807) is 17.9 Å². The number of nitro groups is 1. The molecule has 0 radical (unpaired) electrons. The van der Waals surface area contributed by atoms with Crippen molar-refractivity contribution in [2.75, 3.05) is 29.9 Å². The van der Waals surface area contributed by atoms with E-state index in [9.17, 15) is 14.5 Å². The molecule has 0 saturated carbocycles. The first-order valence-corrected chi connectivity index (χ1v) is 7.84. The van der Waals surface area contributed by atoms with E-state index in [4.69, 9.17) is 5.11 Å². The SMILES string of the molecule is CCN(CCO)c1ncnc(Nc2ccc(Br)cc2F)c1[N+](=O)[O-]. The van der Waals surface area contributed by atoms with Crippen molar-refractivity contribution in [3.63, 3.8) is 0 Å². The number of anilines is 3. The molecule has 0 bridgehead atoms. The van der Waals surface area contributed by atoms with Crippen LogP contribution in [0.1, 0.15) is 6.92 Å². The van der Waals surface area contributed by atoms with E-state index in [1.165, 1.54) is 12.1 Å². The quantitative estimate of drug-likeness (QED) is 0.544. The summed E-state index contributed by atoms with van der Waals surface area (Å²) in [5.41, 5.74) is -0.328. The van der Waals surface area contributed by atoms with Crippen LogP contribution in [0, 0.1) is 15.9 Å². The molecule has 10 heteroatoms. The van der Waals surface area contributed by atoms with Gasteiger partial charge in [-0.05, 0) is 25.1 Å². The van der Waals surface area contributed by atoms with Gasteiger partial charge in [-0.15, -0.1) is 0 Å². The third-order valence-electron chi connectivity index (χ3n) is 3.22. The summed E-state index contributed by atoms with van der Waals surface area (Å²) >= 11 is 3.14. The summed E-state index contributed by atoms with van der Waals surface area (Å²) in [5.74, 6) is -0.643. The van der Waals surface area contributed by atoms with Crippen molar-refractivity contribution in [2.45, 2.75) is 6.92 Å². The topological polar surface area (TPSA) is 104 Å². The van der Waals surface area contributed by atoms with E-state index in [0.29, 0.717) is 11.0 Å². The van der Waals surface area contributed by atoms with Gasteiger partial charge >= 0.3 is 5.69 Å². The molecule has 2 aromatic rings. The number of aliphatic hydroxyl groups is 1. The van der Waals surface area contributed by atoms with Crippen molar-refractivity contribution in [2.24, 2.45) is 0 Å². The van der Waals surface area contributed by atoms with Crippen LogP contribution in [-0.2, 0) is 0 Å². The Hall–Kier alpha value is -2.33. The molecule has 0 spiro atoms. The van der Waals surface area contributed by atoms with Gasteiger partial charge in [-0.3, -0.25) is 10.1 Å². The summed E-state index contributed by atoms with van der Waals surface area (Å²) in [6.07, 6.45) is 1.15. The Kier molecular flexibility index (Phi) is 5.99. The van der Waals surface area contributed by atoms with Crippen molar-refractivity contribution in [1.29, 1.82) is 0 Å². The van der Waals surface area contributed by atoms with Gasteiger partial charge in [0.25, 0.3) is 0 Å². The van der Waals surface area contributed by atoms with Gasteiger partial charge in [0.1, 0.15) is 12.1 Å². The first-order valence-electron chi connectivity index (χ1n) is 7.05. The zero-order valence-electron chi connectivity index (χ0n) is 12.7. The number of nitrogens with zero attached hydrogens (tertiary/aromatic N) is 4. The van der Waals surface area contributed by atoms with Gasteiger partial charge in [-0.1, -0.05) is 15.9 Å². The molecule has 0 atom stereocenters. The molecule has 2 N–H and O–H groups in total. The fraction of sp³-hybridized carbons (Fsp3) is 0.286. The first kappa shape index (κ1) is 18.0. The lowest BCUT2D eigenvalue weighted by molar-refractivity contribution is -0.383. The number of aliphatic hydroxyl groups excluding tert-OH is 1. The van der Waals surface area contributed by atoms with E-state index in [-0.39, 0.29) is 36.2 Å². The molecule has 0 amide bonds. The molecule has 1 aromatic heterocycles. The number of benzene rings is 1. The Bertz CT molecular complexity index is 746. The smallest absolute Gasteiger partial charge is 0.353 e. The van der Waals surface area contributed by atoms with Crippen molar-refractivity contribution in [3.05, 3.63) is 44.9 Å².